The first kappa shape index (κ1) is 18.5. The van der Waals surface area contributed by atoms with Crippen molar-refractivity contribution in [1.82, 2.24) is 9.78 Å². The number of hydrogen-bond donors (Lipinski definition) is 0. The number of nitro groups is 1. The number of carbonyl (C=O) groups excluding carboxylic acids is 1. The molecule has 0 unspecified atom stereocenters. The molecule has 0 N–H and O–H groups in total. The molecule has 0 saturated heterocycles. The summed E-state index contributed by atoms with van der Waals surface area (Å²) in [5.74, 6) is -1.08. The third-order valence-electron chi connectivity index (χ3n) is 3.89. The fourth-order valence-electron chi connectivity index (χ4n) is 2.57. The molecule has 3 rings (SSSR count). The van der Waals surface area contributed by atoms with E-state index in [4.69, 9.17) is 11.6 Å². The summed E-state index contributed by atoms with van der Waals surface area (Å²) < 4.78 is 20.1. The number of halogens is 2. The largest absolute Gasteiger partial charge is 0.466 e. The van der Waals surface area contributed by atoms with Crippen molar-refractivity contribution in [2.24, 2.45) is 0 Å². The number of methoxy groups -OCH3 is 1. The summed E-state index contributed by atoms with van der Waals surface area (Å²) in [6.45, 7) is 0.0345. The first-order chi connectivity index (χ1) is 12.9. The number of nitrogens with zero attached hydrogens (tertiary/aromatic N) is 3. The van der Waals surface area contributed by atoms with Gasteiger partial charge in [-0.3, -0.25) is 14.8 Å². The van der Waals surface area contributed by atoms with Crippen LogP contribution >= 0.6 is 11.6 Å². The van der Waals surface area contributed by atoms with Crippen LogP contribution in [0, 0.1) is 15.9 Å². The number of nitro benzene ring substituents is 1. The molecule has 0 bridgehead atoms. The molecule has 1 heterocycles. The van der Waals surface area contributed by atoms with E-state index < -0.39 is 16.7 Å². The Balaban J connectivity index is 2.11. The van der Waals surface area contributed by atoms with Crippen LogP contribution in [0.4, 0.5) is 10.1 Å². The van der Waals surface area contributed by atoms with Crippen LogP contribution in [0.15, 0.2) is 42.5 Å². The summed E-state index contributed by atoms with van der Waals surface area (Å²) >= 11 is 5.77. The van der Waals surface area contributed by atoms with Gasteiger partial charge in [-0.05, 0) is 24.3 Å². The number of rotatable bonds is 5. The van der Waals surface area contributed by atoms with Gasteiger partial charge in [-0.25, -0.2) is 9.18 Å². The zero-order valence-electron chi connectivity index (χ0n) is 14.1. The number of aromatic nitrogens is 2. The van der Waals surface area contributed by atoms with Crippen molar-refractivity contribution in [2.75, 3.05) is 7.11 Å². The number of hydrogen-bond acceptors (Lipinski definition) is 5. The van der Waals surface area contributed by atoms with Gasteiger partial charge in [0.2, 0.25) is 0 Å². The molecule has 27 heavy (non-hydrogen) atoms. The second-order valence-corrected chi connectivity index (χ2v) is 6.03. The van der Waals surface area contributed by atoms with Gasteiger partial charge in [0.1, 0.15) is 5.82 Å². The summed E-state index contributed by atoms with van der Waals surface area (Å²) in [5.41, 5.74) is 1.03. The molecule has 0 aliphatic heterocycles. The van der Waals surface area contributed by atoms with Crippen LogP contribution in [0.25, 0.3) is 17.0 Å². The molecular formula is C18H13ClFN3O4. The number of carbonyl (C=O) groups is 1. The molecule has 3 aromatic rings. The number of esters is 1. The maximum Gasteiger partial charge on any atom is 0.330 e. The fourth-order valence-corrected chi connectivity index (χ4v) is 2.73. The van der Waals surface area contributed by atoms with Gasteiger partial charge in [-0.2, -0.15) is 5.10 Å². The second kappa shape index (κ2) is 7.55. The molecule has 0 amide bonds. The van der Waals surface area contributed by atoms with E-state index in [-0.39, 0.29) is 17.3 Å². The van der Waals surface area contributed by atoms with E-state index >= 15 is 0 Å². The molecule has 2 aromatic carbocycles. The molecule has 1 aromatic heterocycles. The third kappa shape index (κ3) is 3.95. The highest BCUT2D eigenvalue weighted by atomic mass is 35.5. The van der Waals surface area contributed by atoms with Crippen molar-refractivity contribution >= 4 is 40.2 Å². The molecule has 0 aliphatic carbocycles. The van der Waals surface area contributed by atoms with Crippen LogP contribution in [0.1, 0.15) is 11.3 Å². The smallest absolute Gasteiger partial charge is 0.330 e. The zero-order valence-corrected chi connectivity index (χ0v) is 14.8. The van der Waals surface area contributed by atoms with Crippen LogP contribution in [-0.4, -0.2) is 27.8 Å². The third-order valence-corrected chi connectivity index (χ3v) is 4.12. The van der Waals surface area contributed by atoms with E-state index in [0.717, 1.165) is 0 Å². The van der Waals surface area contributed by atoms with Crippen LogP contribution in [0.2, 0.25) is 5.02 Å². The minimum Gasteiger partial charge on any atom is -0.466 e. The molecule has 0 saturated carbocycles. The van der Waals surface area contributed by atoms with Gasteiger partial charge in [-0.1, -0.05) is 17.7 Å². The monoisotopic (exact) mass is 389 g/mol. The standard InChI is InChI=1S/C18H13ClFN3O4/c1-27-18(24)7-6-16-14-5-4-13(23(25)26)9-17(14)22(21-16)10-11-2-3-12(19)8-15(11)20/h2-9H,10H2,1H3/b7-6+. The number of ether oxygens (including phenoxy) is 1. The summed E-state index contributed by atoms with van der Waals surface area (Å²) in [5, 5.41) is 16.3. The van der Waals surface area contributed by atoms with Crippen LogP contribution in [-0.2, 0) is 16.1 Å². The Morgan fingerprint density at radius 3 is 2.81 bits per heavy atom. The number of fused-ring (bicyclic) bond motifs is 1. The first-order valence-corrected chi connectivity index (χ1v) is 8.11. The Labute approximate surface area is 157 Å². The predicted octanol–water partition coefficient (Wildman–Crippen LogP) is 3.97. The quantitative estimate of drug-likeness (QED) is 0.285. The Kier molecular flexibility index (Phi) is 5.18. The number of non-ortho nitro benzene ring substituents is 1. The molecule has 0 radical (unpaired) electrons. The Morgan fingerprint density at radius 2 is 2.15 bits per heavy atom. The number of benzene rings is 2. The SMILES string of the molecule is COC(=O)/C=C/c1nn(Cc2ccc(Cl)cc2F)c2cc([N+](=O)[O-])ccc12. The topological polar surface area (TPSA) is 87.3 Å². The van der Waals surface area contributed by atoms with E-state index in [9.17, 15) is 19.3 Å². The minimum atomic E-state index is -0.566. The molecule has 138 valence electrons. The van der Waals surface area contributed by atoms with Crippen LogP contribution in [0.3, 0.4) is 0 Å². The fraction of sp³-hybridized carbons (Fsp3) is 0.111. The molecule has 0 spiro atoms. The van der Waals surface area contributed by atoms with E-state index in [0.29, 0.717) is 22.2 Å². The highest BCUT2D eigenvalue weighted by Crippen LogP contribution is 2.26. The Hall–Kier alpha value is -3.26. The van der Waals surface area contributed by atoms with Crippen molar-refractivity contribution in [3.63, 3.8) is 0 Å². The van der Waals surface area contributed by atoms with Crippen molar-refractivity contribution in [2.45, 2.75) is 6.54 Å². The summed E-state index contributed by atoms with van der Waals surface area (Å²) in [6.07, 6.45) is 2.63. The summed E-state index contributed by atoms with van der Waals surface area (Å²) in [6, 6.07) is 8.48. The molecule has 0 fully saturated rings. The highest BCUT2D eigenvalue weighted by Gasteiger charge is 2.15. The lowest BCUT2D eigenvalue weighted by Gasteiger charge is -2.05. The van der Waals surface area contributed by atoms with Crippen molar-refractivity contribution in [1.29, 1.82) is 0 Å². The Bertz CT molecular complexity index is 1080. The lowest BCUT2D eigenvalue weighted by Crippen LogP contribution is -2.04. The zero-order chi connectivity index (χ0) is 19.6. The van der Waals surface area contributed by atoms with Gasteiger partial charge in [0.15, 0.2) is 0 Å². The van der Waals surface area contributed by atoms with Gasteiger partial charge in [-0.15, -0.1) is 0 Å². The van der Waals surface area contributed by atoms with E-state index in [1.165, 1.54) is 54.3 Å². The maximum atomic E-state index is 14.1. The van der Waals surface area contributed by atoms with Gasteiger partial charge < -0.3 is 4.74 Å². The van der Waals surface area contributed by atoms with E-state index in [1.54, 1.807) is 6.07 Å². The van der Waals surface area contributed by atoms with Gasteiger partial charge in [0.05, 0.1) is 29.8 Å². The van der Waals surface area contributed by atoms with Gasteiger partial charge in [0, 0.05) is 34.2 Å². The summed E-state index contributed by atoms with van der Waals surface area (Å²) in [7, 11) is 1.25. The minimum absolute atomic E-state index is 0.0345. The van der Waals surface area contributed by atoms with Crippen LogP contribution in [0.5, 0.6) is 0 Å². The van der Waals surface area contributed by atoms with Crippen LogP contribution < -0.4 is 0 Å². The first-order valence-electron chi connectivity index (χ1n) is 7.74. The summed E-state index contributed by atoms with van der Waals surface area (Å²) in [4.78, 5) is 21.9. The molecule has 9 heteroatoms. The molecule has 0 aliphatic rings. The van der Waals surface area contributed by atoms with Crippen molar-refractivity contribution in [3.8, 4) is 0 Å². The Morgan fingerprint density at radius 1 is 1.37 bits per heavy atom. The molecular weight excluding hydrogens is 377 g/mol. The van der Waals surface area contributed by atoms with E-state index in [1.807, 2.05) is 0 Å². The average Bonchev–Trinajstić information content (AvgIpc) is 2.99. The normalized spacial score (nSPS) is 11.2. The van der Waals surface area contributed by atoms with Gasteiger partial charge in [0.25, 0.3) is 5.69 Å². The van der Waals surface area contributed by atoms with E-state index in [2.05, 4.69) is 9.84 Å². The second-order valence-electron chi connectivity index (χ2n) is 5.59. The molecule has 0 atom stereocenters. The van der Waals surface area contributed by atoms with Crippen molar-refractivity contribution in [3.05, 3.63) is 74.7 Å². The van der Waals surface area contributed by atoms with Crippen molar-refractivity contribution < 1.29 is 18.8 Å². The maximum absolute atomic E-state index is 14.1. The average molecular weight is 390 g/mol. The highest BCUT2D eigenvalue weighted by molar-refractivity contribution is 6.30. The van der Waals surface area contributed by atoms with Gasteiger partial charge >= 0.3 is 5.97 Å². The lowest BCUT2D eigenvalue weighted by atomic mass is 10.1. The molecule has 7 nitrogen and oxygen atoms in total. The lowest BCUT2D eigenvalue weighted by molar-refractivity contribution is -0.384. The predicted molar refractivity (Wildman–Crippen MR) is 97.9 cm³/mol.